The Morgan fingerprint density at radius 1 is 1.29 bits per heavy atom. The lowest BCUT2D eigenvalue weighted by molar-refractivity contribution is -0.389. The van der Waals surface area contributed by atoms with Gasteiger partial charge in [0.05, 0.1) is 12.5 Å². The molecule has 0 saturated carbocycles. The molecule has 0 unspecified atom stereocenters. The summed E-state index contributed by atoms with van der Waals surface area (Å²) in [6, 6.07) is 8.52. The molecule has 0 amide bonds. The molecule has 0 aromatic carbocycles. The first-order valence-corrected chi connectivity index (χ1v) is 4.93. The van der Waals surface area contributed by atoms with Crippen molar-refractivity contribution in [1.29, 1.82) is 0 Å². The highest BCUT2D eigenvalue weighted by atomic mass is 16.6. The van der Waals surface area contributed by atoms with Crippen LogP contribution in [0.1, 0.15) is 0 Å². The Labute approximate surface area is 95.3 Å². The minimum atomic E-state index is -0.460. The molecule has 0 radical (unpaired) electrons. The van der Waals surface area contributed by atoms with E-state index in [0.717, 1.165) is 0 Å². The Morgan fingerprint density at radius 2 is 2.18 bits per heavy atom. The molecule has 0 atom stereocenters. The minimum Gasteiger partial charge on any atom is -0.462 e. The summed E-state index contributed by atoms with van der Waals surface area (Å²) < 4.78 is 6.59. The fourth-order valence-electron chi connectivity index (χ4n) is 1.74. The summed E-state index contributed by atoms with van der Waals surface area (Å²) in [4.78, 5) is 14.8. The van der Waals surface area contributed by atoms with Crippen molar-refractivity contribution in [2.45, 2.75) is 0 Å². The summed E-state index contributed by atoms with van der Waals surface area (Å²) in [6.45, 7) is 0. The number of imidazole rings is 1. The maximum Gasteiger partial charge on any atom is 0.359 e. The highest BCUT2D eigenvalue weighted by molar-refractivity contribution is 5.68. The van der Waals surface area contributed by atoms with Crippen LogP contribution in [0.2, 0.25) is 0 Å². The molecular formula is C11H7N3O3. The Morgan fingerprint density at radius 3 is 2.88 bits per heavy atom. The summed E-state index contributed by atoms with van der Waals surface area (Å²) in [5.41, 5.74) is 0.761. The minimum absolute atomic E-state index is 0.0875. The van der Waals surface area contributed by atoms with Crippen molar-refractivity contribution in [2.75, 3.05) is 0 Å². The second-order valence-corrected chi connectivity index (χ2v) is 3.45. The van der Waals surface area contributed by atoms with Gasteiger partial charge in [-0.3, -0.25) is 0 Å². The number of fused-ring (bicyclic) bond motifs is 1. The first-order valence-electron chi connectivity index (χ1n) is 4.93. The Hall–Kier alpha value is -2.63. The van der Waals surface area contributed by atoms with E-state index in [1.54, 1.807) is 36.5 Å². The monoisotopic (exact) mass is 229 g/mol. The number of hydrogen-bond acceptors (Lipinski definition) is 4. The standard InChI is InChI=1S/C11H7N3O3/c15-14(16)11-10(8-4-3-7-17-8)12-9-5-1-2-6-13(9)11/h1-7H. The third kappa shape index (κ3) is 1.38. The summed E-state index contributed by atoms with van der Waals surface area (Å²) in [7, 11) is 0. The number of nitrogens with zero attached hydrogens (tertiary/aromatic N) is 3. The van der Waals surface area contributed by atoms with Gasteiger partial charge in [-0.25, -0.2) is 0 Å². The number of rotatable bonds is 2. The van der Waals surface area contributed by atoms with Crippen LogP contribution in [-0.4, -0.2) is 14.3 Å². The molecule has 84 valence electrons. The van der Waals surface area contributed by atoms with E-state index in [1.165, 1.54) is 10.7 Å². The summed E-state index contributed by atoms with van der Waals surface area (Å²) in [5.74, 6) is 0.302. The van der Waals surface area contributed by atoms with E-state index >= 15 is 0 Å². The zero-order chi connectivity index (χ0) is 11.8. The maximum atomic E-state index is 11.1. The lowest BCUT2D eigenvalue weighted by Gasteiger charge is -1.94. The predicted octanol–water partition coefficient (Wildman–Crippen LogP) is 2.50. The second-order valence-electron chi connectivity index (χ2n) is 3.45. The molecule has 0 bridgehead atoms. The van der Waals surface area contributed by atoms with Crippen molar-refractivity contribution in [3.63, 3.8) is 0 Å². The molecule has 6 nitrogen and oxygen atoms in total. The Kier molecular flexibility index (Phi) is 1.94. The summed E-state index contributed by atoms with van der Waals surface area (Å²) >= 11 is 0. The van der Waals surface area contributed by atoms with Crippen LogP contribution >= 0.6 is 0 Å². The summed E-state index contributed by atoms with van der Waals surface area (Å²) in [5, 5.41) is 11.1. The van der Waals surface area contributed by atoms with Crippen molar-refractivity contribution in [3.05, 3.63) is 52.9 Å². The Bertz CT molecular complexity index is 685. The lowest BCUT2D eigenvalue weighted by atomic mass is 10.3. The van der Waals surface area contributed by atoms with Crippen LogP contribution in [-0.2, 0) is 0 Å². The van der Waals surface area contributed by atoms with E-state index in [-0.39, 0.29) is 11.5 Å². The molecule has 0 aliphatic carbocycles. The van der Waals surface area contributed by atoms with Gasteiger partial charge >= 0.3 is 5.82 Å². The quantitative estimate of drug-likeness (QED) is 0.499. The number of furan rings is 1. The van der Waals surface area contributed by atoms with Crippen molar-refractivity contribution in [1.82, 2.24) is 9.38 Å². The molecule has 0 fully saturated rings. The van der Waals surface area contributed by atoms with Crippen LogP contribution in [0.15, 0.2) is 47.2 Å². The van der Waals surface area contributed by atoms with Gasteiger partial charge in [0.25, 0.3) is 0 Å². The van der Waals surface area contributed by atoms with Crippen molar-refractivity contribution in [3.8, 4) is 11.5 Å². The normalized spacial score (nSPS) is 10.8. The topological polar surface area (TPSA) is 73.6 Å². The SMILES string of the molecule is O=[N+]([O-])c1c(-c2ccco2)nc2ccccn12. The highest BCUT2D eigenvalue weighted by Crippen LogP contribution is 2.30. The van der Waals surface area contributed by atoms with Crippen LogP contribution in [0.4, 0.5) is 5.82 Å². The number of aromatic nitrogens is 2. The molecule has 0 spiro atoms. The zero-order valence-electron chi connectivity index (χ0n) is 8.61. The number of pyridine rings is 1. The third-order valence-electron chi connectivity index (χ3n) is 2.43. The number of nitro groups is 1. The van der Waals surface area contributed by atoms with E-state index in [0.29, 0.717) is 11.4 Å². The van der Waals surface area contributed by atoms with Crippen molar-refractivity contribution < 1.29 is 9.34 Å². The van der Waals surface area contributed by atoms with Gasteiger partial charge in [0.15, 0.2) is 5.76 Å². The molecule has 0 aliphatic heterocycles. The lowest BCUT2D eigenvalue weighted by Crippen LogP contribution is -1.94. The first-order chi connectivity index (χ1) is 8.27. The fourth-order valence-corrected chi connectivity index (χ4v) is 1.74. The molecule has 0 N–H and O–H groups in total. The van der Waals surface area contributed by atoms with E-state index in [9.17, 15) is 10.1 Å². The van der Waals surface area contributed by atoms with E-state index < -0.39 is 4.92 Å². The predicted molar refractivity (Wildman–Crippen MR) is 59.5 cm³/mol. The van der Waals surface area contributed by atoms with Gasteiger partial charge in [-0.05, 0) is 23.1 Å². The second kappa shape index (κ2) is 3.44. The van der Waals surface area contributed by atoms with Gasteiger partial charge < -0.3 is 14.5 Å². The third-order valence-corrected chi connectivity index (χ3v) is 2.43. The molecule has 6 heteroatoms. The average Bonchev–Trinajstić information content (AvgIpc) is 2.95. The molecule has 0 aliphatic rings. The van der Waals surface area contributed by atoms with Crippen LogP contribution < -0.4 is 0 Å². The maximum absolute atomic E-state index is 11.1. The average molecular weight is 229 g/mol. The van der Waals surface area contributed by atoms with E-state index in [4.69, 9.17) is 4.42 Å². The first kappa shape index (κ1) is 9.59. The zero-order valence-corrected chi connectivity index (χ0v) is 8.61. The molecule has 0 saturated heterocycles. The van der Waals surface area contributed by atoms with Crippen molar-refractivity contribution in [2.24, 2.45) is 0 Å². The molecule has 17 heavy (non-hydrogen) atoms. The van der Waals surface area contributed by atoms with Gasteiger partial charge in [-0.15, -0.1) is 0 Å². The van der Waals surface area contributed by atoms with Crippen LogP contribution in [0.5, 0.6) is 0 Å². The molecule has 3 heterocycles. The van der Waals surface area contributed by atoms with E-state index in [1.807, 2.05) is 0 Å². The van der Waals surface area contributed by atoms with E-state index in [2.05, 4.69) is 4.98 Å². The highest BCUT2D eigenvalue weighted by Gasteiger charge is 2.24. The fraction of sp³-hybridized carbons (Fsp3) is 0. The largest absolute Gasteiger partial charge is 0.462 e. The molecule has 3 rings (SSSR count). The van der Waals surface area contributed by atoms with Gasteiger partial charge in [-0.1, -0.05) is 6.07 Å². The van der Waals surface area contributed by atoms with Gasteiger partial charge in [0, 0.05) is 6.07 Å². The Balaban J connectivity index is 2.38. The van der Waals surface area contributed by atoms with Crippen molar-refractivity contribution >= 4 is 11.5 Å². The smallest absolute Gasteiger partial charge is 0.359 e. The summed E-state index contributed by atoms with van der Waals surface area (Å²) in [6.07, 6.45) is 3.07. The molecule has 3 aromatic rings. The van der Waals surface area contributed by atoms with Gasteiger partial charge in [0.2, 0.25) is 11.3 Å². The van der Waals surface area contributed by atoms with Crippen LogP contribution in [0.25, 0.3) is 17.1 Å². The number of hydrogen-bond donors (Lipinski definition) is 0. The van der Waals surface area contributed by atoms with Crippen LogP contribution in [0.3, 0.4) is 0 Å². The van der Waals surface area contributed by atoms with Gasteiger partial charge in [-0.2, -0.15) is 9.38 Å². The van der Waals surface area contributed by atoms with Gasteiger partial charge in [0.1, 0.15) is 0 Å². The van der Waals surface area contributed by atoms with Crippen LogP contribution in [0, 0.1) is 10.1 Å². The molecular weight excluding hydrogens is 222 g/mol. The molecule has 3 aromatic heterocycles.